The average molecular weight is 664 g/mol. The maximum atomic E-state index is 10.7. The molecule has 52 heavy (non-hydrogen) atoms. The number of para-hydroxylation sites is 4. The number of benzene rings is 7. The van der Waals surface area contributed by atoms with Gasteiger partial charge in [0.05, 0.1) is 33.5 Å². The molecular weight excluding hydrogens is 635 g/mol. The molecule has 5 heteroatoms. The normalized spacial score (nSPS) is 11.4. The van der Waals surface area contributed by atoms with Gasteiger partial charge in [0.25, 0.3) is 0 Å². The van der Waals surface area contributed by atoms with Crippen molar-refractivity contribution in [3.8, 4) is 51.3 Å². The number of hydrogen-bond donors (Lipinski definition) is 0. The molecule has 3 heterocycles. The summed E-state index contributed by atoms with van der Waals surface area (Å²) in [5.41, 5.74) is 10.7. The fraction of sp³-hybridized carbons (Fsp3) is 0. The lowest BCUT2D eigenvalue weighted by atomic mass is 9.97. The summed E-state index contributed by atoms with van der Waals surface area (Å²) in [4.78, 5) is 10.8. The zero-order valence-electron chi connectivity index (χ0n) is 28.0. The molecule has 0 saturated carbocycles. The van der Waals surface area contributed by atoms with Crippen LogP contribution in [0.3, 0.4) is 0 Å². The van der Waals surface area contributed by atoms with Gasteiger partial charge in [-0.3, -0.25) is 0 Å². The lowest BCUT2D eigenvalue weighted by Gasteiger charge is -2.15. The molecule has 0 aliphatic heterocycles. The number of aromatic nitrogens is 4. The zero-order valence-corrected chi connectivity index (χ0v) is 28.0. The molecular formula is C47H29N5. The Balaban J connectivity index is 1.47. The molecule has 0 saturated heterocycles. The van der Waals surface area contributed by atoms with Crippen LogP contribution in [-0.4, -0.2) is 19.1 Å². The first-order valence-corrected chi connectivity index (χ1v) is 17.3. The van der Waals surface area contributed by atoms with Gasteiger partial charge < -0.3 is 9.13 Å². The number of rotatable bonds is 5. The van der Waals surface area contributed by atoms with Gasteiger partial charge in [-0.2, -0.15) is 5.26 Å². The summed E-state index contributed by atoms with van der Waals surface area (Å²) in [5.74, 6) is 0.569. The summed E-state index contributed by atoms with van der Waals surface area (Å²) in [7, 11) is 0. The van der Waals surface area contributed by atoms with Gasteiger partial charge in [-0.25, -0.2) is 9.97 Å². The third-order valence-corrected chi connectivity index (χ3v) is 9.96. The van der Waals surface area contributed by atoms with Crippen LogP contribution in [0.4, 0.5) is 0 Å². The molecule has 7 aromatic carbocycles. The second-order valence-corrected chi connectivity index (χ2v) is 12.9. The Kier molecular flexibility index (Phi) is 6.80. The van der Waals surface area contributed by atoms with Crippen molar-refractivity contribution in [1.29, 1.82) is 5.26 Å². The predicted molar refractivity (Wildman–Crippen MR) is 212 cm³/mol. The van der Waals surface area contributed by atoms with Crippen molar-refractivity contribution in [2.24, 2.45) is 0 Å². The maximum Gasteiger partial charge on any atom is 0.161 e. The molecule has 0 atom stereocenters. The Hall–Kier alpha value is -7.29. The topological polar surface area (TPSA) is 59.4 Å². The van der Waals surface area contributed by atoms with Crippen molar-refractivity contribution < 1.29 is 0 Å². The first kappa shape index (κ1) is 29.6. The van der Waals surface area contributed by atoms with Crippen LogP contribution in [0, 0.1) is 11.3 Å². The van der Waals surface area contributed by atoms with Crippen LogP contribution in [0.2, 0.25) is 0 Å². The minimum atomic E-state index is 0.447. The largest absolute Gasteiger partial charge is 0.309 e. The number of nitrogens with zero attached hydrogens (tertiary/aromatic N) is 5. The molecule has 10 rings (SSSR count). The summed E-state index contributed by atoms with van der Waals surface area (Å²) >= 11 is 0. The Morgan fingerprint density at radius 2 is 0.808 bits per heavy atom. The van der Waals surface area contributed by atoms with Crippen LogP contribution < -0.4 is 0 Å². The summed E-state index contributed by atoms with van der Waals surface area (Å²) in [6.45, 7) is 0. The Bertz CT molecular complexity index is 2800. The Morgan fingerprint density at radius 1 is 0.423 bits per heavy atom. The molecule has 0 N–H and O–H groups in total. The van der Waals surface area contributed by atoms with Crippen LogP contribution in [0.1, 0.15) is 5.56 Å². The van der Waals surface area contributed by atoms with Crippen molar-refractivity contribution in [2.45, 2.75) is 0 Å². The lowest BCUT2D eigenvalue weighted by molar-refractivity contribution is 1.16. The molecule has 0 amide bonds. The van der Waals surface area contributed by atoms with E-state index in [2.05, 4.69) is 130 Å². The van der Waals surface area contributed by atoms with Crippen LogP contribution in [0.5, 0.6) is 0 Å². The van der Waals surface area contributed by atoms with Gasteiger partial charge in [0.15, 0.2) is 5.82 Å². The van der Waals surface area contributed by atoms with Crippen molar-refractivity contribution >= 4 is 43.6 Å². The van der Waals surface area contributed by atoms with Crippen LogP contribution in [-0.2, 0) is 0 Å². The summed E-state index contributed by atoms with van der Waals surface area (Å²) in [6, 6.07) is 63.0. The Labute approximate surface area is 299 Å². The highest BCUT2D eigenvalue weighted by atomic mass is 15.0. The molecule has 0 fully saturated rings. The molecule has 5 nitrogen and oxygen atoms in total. The molecule has 0 unspecified atom stereocenters. The summed E-state index contributed by atoms with van der Waals surface area (Å²) < 4.78 is 4.70. The molecule has 242 valence electrons. The van der Waals surface area contributed by atoms with Crippen LogP contribution >= 0.6 is 0 Å². The van der Waals surface area contributed by atoms with E-state index in [-0.39, 0.29) is 0 Å². The molecule has 0 spiro atoms. The van der Waals surface area contributed by atoms with Crippen molar-refractivity contribution in [3.63, 3.8) is 0 Å². The van der Waals surface area contributed by atoms with E-state index in [4.69, 9.17) is 9.97 Å². The van der Waals surface area contributed by atoms with E-state index in [1.807, 2.05) is 60.7 Å². The average Bonchev–Trinajstić information content (AvgIpc) is 3.73. The maximum absolute atomic E-state index is 10.7. The fourth-order valence-corrected chi connectivity index (χ4v) is 7.79. The van der Waals surface area contributed by atoms with Gasteiger partial charge in [-0.1, -0.05) is 133 Å². The molecule has 0 aliphatic carbocycles. The van der Waals surface area contributed by atoms with Gasteiger partial charge in [-0.15, -0.1) is 0 Å². The zero-order chi connectivity index (χ0) is 34.6. The van der Waals surface area contributed by atoms with Gasteiger partial charge in [-0.05, 0) is 42.5 Å². The monoisotopic (exact) mass is 663 g/mol. The molecule has 0 aliphatic rings. The van der Waals surface area contributed by atoms with Crippen molar-refractivity contribution in [3.05, 3.63) is 181 Å². The third kappa shape index (κ3) is 4.49. The van der Waals surface area contributed by atoms with E-state index >= 15 is 0 Å². The van der Waals surface area contributed by atoms with Crippen molar-refractivity contribution in [2.75, 3.05) is 0 Å². The predicted octanol–water partition coefficient (Wildman–Crippen LogP) is 11.5. The van der Waals surface area contributed by atoms with E-state index in [9.17, 15) is 5.26 Å². The first-order chi connectivity index (χ1) is 25.8. The van der Waals surface area contributed by atoms with Crippen LogP contribution in [0.15, 0.2) is 176 Å². The quantitative estimate of drug-likeness (QED) is 0.184. The smallest absolute Gasteiger partial charge is 0.161 e. The SMILES string of the molecule is N#Cc1c(-c2ccccc2)nc(-c2c3c4ccccc4n(-c4ccccc4)c3cc3c2c2ccccc2n3-c2ccccc2)nc1-c1ccccc1. The highest BCUT2D eigenvalue weighted by Crippen LogP contribution is 2.47. The van der Waals surface area contributed by atoms with Crippen LogP contribution in [0.25, 0.3) is 88.9 Å². The van der Waals surface area contributed by atoms with E-state index in [1.54, 1.807) is 0 Å². The first-order valence-electron chi connectivity index (χ1n) is 17.3. The minimum absolute atomic E-state index is 0.447. The van der Waals surface area contributed by atoms with E-state index < -0.39 is 0 Å². The minimum Gasteiger partial charge on any atom is -0.309 e. The van der Waals surface area contributed by atoms with Gasteiger partial charge in [0, 0.05) is 49.6 Å². The van der Waals surface area contributed by atoms with Crippen molar-refractivity contribution in [1.82, 2.24) is 19.1 Å². The number of hydrogen-bond acceptors (Lipinski definition) is 3. The van der Waals surface area contributed by atoms with Gasteiger partial charge in [0.1, 0.15) is 11.6 Å². The van der Waals surface area contributed by atoms with Gasteiger partial charge in [0.2, 0.25) is 0 Å². The number of fused-ring (bicyclic) bond motifs is 6. The number of nitriles is 1. The van der Waals surface area contributed by atoms with E-state index in [0.717, 1.165) is 71.7 Å². The summed E-state index contributed by atoms with van der Waals surface area (Å²) in [5, 5.41) is 15.1. The molecule has 10 aromatic rings. The second kappa shape index (κ2) is 11.9. The fourth-order valence-electron chi connectivity index (χ4n) is 7.79. The highest BCUT2D eigenvalue weighted by molar-refractivity contribution is 6.27. The van der Waals surface area contributed by atoms with E-state index in [0.29, 0.717) is 22.8 Å². The van der Waals surface area contributed by atoms with E-state index in [1.165, 1.54) is 0 Å². The molecule has 0 bridgehead atoms. The standard InChI is InChI=1S/C47H29N5/c48-30-37-45(31-17-5-1-6-18-31)49-47(50-46(37)32-19-7-2-8-20-32)44-42-35-25-13-15-27-38(35)51(33-21-9-3-10-22-33)40(42)29-41-43(44)36-26-14-16-28-39(36)52(41)34-23-11-4-12-24-34/h1-29H. The third-order valence-electron chi connectivity index (χ3n) is 9.96. The molecule has 3 aromatic heterocycles. The molecule has 0 radical (unpaired) electrons. The highest BCUT2D eigenvalue weighted by Gasteiger charge is 2.27. The second-order valence-electron chi connectivity index (χ2n) is 12.9. The van der Waals surface area contributed by atoms with Gasteiger partial charge >= 0.3 is 0 Å². The Morgan fingerprint density at radius 3 is 1.23 bits per heavy atom. The summed E-state index contributed by atoms with van der Waals surface area (Å²) in [6.07, 6.45) is 0. The lowest BCUT2D eigenvalue weighted by Crippen LogP contribution is -2.02.